The molecule has 0 radical (unpaired) electrons. The zero-order valence-electron chi connectivity index (χ0n) is 31.2. The summed E-state index contributed by atoms with van der Waals surface area (Å²) in [4.78, 5) is 30.2. The molecule has 0 atom stereocenters. The summed E-state index contributed by atoms with van der Waals surface area (Å²) in [6, 6.07) is 62.6. The molecule has 0 bridgehead atoms. The lowest BCUT2D eigenvalue weighted by Gasteiger charge is -2.13. The molecule has 0 N–H and O–H groups in total. The number of para-hydroxylation sites is 3. The molecular formula is C52H32N6. The smallest absolute Gasteiger partial charge is 0.164 e. The molecule has 0 unspecified atom stereocenters. The molecule has 0 spiro atoms. The van der Waals surface area contributed by atoms with Crippen molar-refractivity contribution in [2.24, 2.45) is 0 Å². The first-order chi connectivity index (χ1) is 28.7. The lowest BCUT2D eigenvalue weighted by molar-refractivity contribution is 1.07. The number of fused-ring (bicyclic) bond motifs is 5. The van der Waals surface area contributed by atoms with E-state index in [0.29, 0.717) is 17.5 Å². The second kappa shape index (κ2) is 14.0. The Balaban J connectivity index is 1.09. The third-order valence-corrected chi connectivity index (χ3v) is 10.8. The molecule has 0 saturated carbocycles. The molecule has 6 heteroatoms. The maximum atomic E-state index is 5.20. The van der Waals surface area contributed by atoms with Crippen molar-refractivity contribution in [3.05, 3.63) is 194 Å². The molecule has 58 heavy (non-hydrogen) atoms. The minimum Gasteiger partial charge on any atom is -0.256 e. The standard InChI is InChI=1S/C52H32N6/c1-2-24-45-43(22-1)44-23-3-4-27-46(44)55-49(45)37-16-7-19-40(32-37)52-57-50(38-17-5-14-35(30-38)41-25-8-12-33-20-10-28-53-47(33)41)56-51(58-52)39-18-6-15-36(31-39)42-26-9-13-34-21-11-29-54-48(34)42/h1-32H. The Hall–Kier alpha value is -7.96. The van der Waals surface area contributed by atoms with Crippen molar-refractivity contribution in [1.82, 2.24) is 29.9 Å². The van der Waals surface area contributed by atoms with Crippen molar-refractivity contribution in [3.63, 3.8) is 0 Å². The third kappa shape index (κ3) is 5.92. The van der Waals surface area contributed by atoms with Crippen LogP contribution in [0.2, 0.25) is 0 Å². The molecule has 270 valence electrons. The fourth-order valence-corrected chi connectivity index (χ4v) is 8.02. The number of pyridine rings is 3. The van der Waals surface area contributed by atoms with Crippen LogP contribution in [0.3, 0.4) is 0 Å². The van der Waals surface area contributed by atoms with E-state index in [2.05, 4.69) is 164 Å². The topological polar surface area (TPSA) is 77.3 Å². The third-order valence-electron chi connectivity index (χ3n) is 10.8. The molecule has 4 aromatic heterocycles. The van der Waals surface area contributed by atoms with Gasteiger partial charge in [-0.2, -0.15) is 0 Å². The summed E-state index contributed by atoms with van der Waals surface area (Å²) in [5.41, 5.74) is 11.5. The largest absolute Gasteiger partial charge is 0.256 e. The highest BCUT2D eigenvalue weighted by Crippen LogP contribution is 2.36. The van der Waals surface area contributed by atoms with Crippen LogP contribution in [0.4, 0.5) is 0 Å². The van der Waals surface area contributed by atoms with Gasteiger partial charge in [-0.3, -0.25) is 9.97 Å². The van der Waals surface area contributed by atoms with Gasteiger partial charge in [0.25, 0.3) is 0 Å². The molecule has 0 aliphatic carbocycles. The molecule has 0 fully saturated rings. The lowest BCUT2D eigenvalue weighted by Crippen LogP contribution is -2.01. The van der Waals surface area contributed by atoms with Gasteiger partial charge in [-0.05, 0) is 52.9 Å². The predicted molar refractivity (Wildman–Crippen MR) is 236 cm³/mol. The molecule has 7 aromatic carbocycles. The van der Waals surface area contributed by atoms with Crippen LogP contribution in [0.25, 0.3) is 111 Å². The fourth-order valence-electron chi connectivity index (χ4n) is 8.02. The van der Waals surface area contributed by atoms with E-state index in [9.17, 15) is 0 Å². The number of hydrogen-bond donors (Lipinski definition) is 0. The van der Waals surface area contributed by atoms with Gasteiger partial charge in [0.2, 0.25) is 0 Å². The van der Waals surface area contributed by atoms with E-state index in [1.54, 1.807) is 0 Å². The number of benzene rings is 7. The van der Waals surface area contributed by atoms with Crippen molar-refractivity contribution >= 4 is 43.5 Å². The van der Waals surface area contributed by atoms with Gasteiger partial charge in [-0.1, -0.05) is 146 Å². The zero-order chi connectivity index (χ0) is 38.4. The Bertz CT molecular complexity index is 3220. The van der Waals surface area contributed by atoms with Crippen molar-refractivity contribution in [2.75, 3.05) is 0 Å². The molecule has 0 saturated heterocycles. The Labute approximate surface area is 334 Å². The Morgan fingerprint density at radius 2 is 0.724 bits per heavy atom. The van der Waals surface area contributed by atoms with Gasteiger partial charge in [-0.25, -0.2) is 19.9 Å². The van der Waals surface area contributed by atoms with Gasteiger partial charge in [0.05, 0.1) is 22.2 Å². The molecule has 4 heterocycles. The number of rotatable bonds is 6. The maximum absolute atomic E-state index is 5.20. The van der Waals surface area contributed by atoms with Crippen molar-refractivity contribution in [3.8, 4) is 67.7 Å². The molecule has 0 amide bonds. The average Bonchev–Trinajstić information content (AvgIpc) is 3.31. The van der Waals surface area contributed by atoms with Gasteiger partial charge in [0.1, 0.15) is 0 Å². The van der Waals surface area contributed by atoms with Crippen LogP contribution < -0.4 is 0 Å². The summed E-state index contributed by atoms with van der Waals surface area (Å²) in [7, 11) is 0. The quantitative estimate of drug-likeness (QED) is 0.158. The Kier molecular flexibility index (Phi) is 8.04. The summed E-state index contributed by atoms with van der Waals surface area (Å²) in [6.45, 7) is 0. The number of aromatic nitrogens is 6. The van der Waals surface area contributed by atoms with Crippen molar-refractivity contribution < 1.29 is 0 Å². The van der Waals surface area contributed by atoms with Gasteiger partial charge in [0.15, 0.2) is 17.5 Å². The van der Waals surface area contributed by atoms with E-state index in [4.69, 9.17) is 29.9 Å². The second-order valence-corrected chi connectivity index (χ2v) is 14.3. The van der Waals surface area contributed by atoms with Gasteiger partial charge in [0, 0.05) is 67.3 Å². The summed E-state index contributed by atoms with van der Waals surface area (Å²) in [6.07, 6.45) is 3.68. The van der Waals surface area contributed by atoms with E-state index >= 15 is 0 Å². The minimum absolute atomic E-state index is 0.571. The molecule has 0 aliphatic rings. The molecule has 6 nitrogen and oxygen atoms in total. The molecule has 11 rings (SSSR count). The van der Waals surface area contributed by atoms with Crippen LogP contribution in [0.5, 0.6) is 0 Å². The van der Waals surface area contributed by atoms with Crippen molar-refractivity contribution in [2.45, 2.75) is 0 Å². The highest BCUT2D eigenvalue weighted by Gasteiger charge is 2.17. The van der Waals surface area contributed by atoms with Crippen LogP contribution in [0.1, 0.15) is 0 Å². The zero-order valence-corrected chi connectivity index (χ0v) is 31.2. The first-order valence-corrected chi connectivity index (χ1v) is 19.3. The van der Waals surface area contributed by atoms with E-state index in [-0.39, 0.29) is 0 Å². The minimum atomic E-state index is 0.571. The highest BCUT2D eigenvalue weighted by atomic mass is 15.0. The van der Waals surface area contributed by atoms with E-state index in [0.717, 1.165) is 88.3 Å². The van der Waals surface area contributed by atoms with E-state index in [1.165, 1.54) is 5.39 Å². The summed E-state index contributed by atoms with van der Waals surface area (Å²) in [5, 5.41) is 5.57. The average molecular weight is 741 g/mol. The van der Waals surface area contributed by atoms with Gasteiger partial charge in [-0.15, -0.1) is 0 Å². The molecular weight excluding hydrogens is 709 g/mol. The van der Waals surface area contributed by atoms with Crippen LogP contribution in [0, 0.1) is 0 Å². The van der Waals surface area contributed by atoms with Crippen LogP contribution >= 0.6 is 0 Å². The summed E-state index contributed by atoms with van der Waals surface area (Å²) < 4.78 is 0. The Morgan fingerprint density at radius 3 is 1.29 bits per heavy atom. The van der Waals surface area contributed by atoms with Gasteiger partial charge >= 0.3 is 0 Å². The van der Waals surface area contributed by atoms with Crippen molar-refractivity contribution in [1.29, 1.82) is 0 Å². The Morgan fingerprint density at radius 1 is 0.293 bits per heavy atom. The fraction of sp³-hybridized carbons (Fsp3) is 0. The highest BCUT2D eigenvalue weighted by molar-refractivity contribution is 6.11. The van der Waals surface area contributed by atoms with Crippen LogP contribution in [0.15, 0.2) is 194 Å². The van der Waals surface area contributed by atoms with E-state index in [1.807, 2.05) is 30.6 Å². The lowest BCUT2D eigenvalue weighted by atomic mass is 9.98. The summed E-state index contributed by atoms with van der Waals surface area (Å²) >= 11 is 0. The summed E-state index contributed by atoms with van der Waals surface area (Å²) in [5.74, 6) is 1.72. The number of nitrogens with zero attached hydrogens (tertiary/aromatic N) is 6. The van der Waals surface area contributed by atoms with Crippen LogP contribution in [-0.4, -0.2) is 29.9 Å². The first kappa shape index (κ1) is 33.4. The van der Waals surface area contributed by atoms with E-state index < -0.39 is 0 Å². The molecule has 11 aromatic rings. The predicted octanol–water partition coefficient (Wildman–Crippen LogP) is 12.7. The number of hydrogen-bond acceptors (Lipinski definition) is 6. The normalized spacial score (nSPS) is 11.4. The van der Waals surface area contributed by atoms with Crippen LogP contribution in [-0.2, 0) is 0 Å². The second-order valence-electron chi connectivity index (χ2n) is 14.3. The van der Waals surface area contributed by atoms with Gasteiger partial charge < -0.3 is 0 Å². The molecule has 0 aliphatic heterocycles. The first-order valence-electron chi connectivity index (χ1n) is 19.3. The SMILES string of the molecule is c1cc(-c2nc(-c3cccc(-c4cccc5cccnc45)c3)nc(-c3cccc(-c4cccc5cccnc45)c3)n2)cc(-c2nc3ccccc3c3ccccc23)c1. The monoisotopic (exact) mass is 740 g/mol. The maximum Gasteiger partial charge on any atom is 0.164 e.